The fraction of sp³-hybridized carbons (Fsp3) is 0.571. The standard InChI is InChI=1S/C14H18BrN3O2/c15-14-11(3-1-5-13(14)18(19)20)8-17-7-10-4-2-6-16-12(10)9-17/h1,3,5,10,12,16H,2,4,6-9H2/t10-,12+/m0/s1. The van der Waals surface area contributed by atoms with Gasteiger partial charge in [0, 0.05) is 31.7 Å². The third-order valence-corrected chi connectivity index (χ3v) is 5.24. The molecular weight excluding hydrogens is 322 g/mol. The fourth-order valence-corrected chi connectivity index (χ4v) is 3.87. The second-order valence-electron chi connectivity index (χ2n) is 5.66. The normalized spacial score (nSPS) is 26.4. The van der Waals surface area contributed by atoms with Gasteiger partial charge >= 0.3 is 0 Å². The molecule has 0 spiro atoms. The van der Waals surface area contributed by atoms with Gasteiger partial charge in [0.1, 0.15) is 0 Å². The van der Waals surface area contributed by atoms with Crippen molar-refractivity contribution < 1.29 is 4.92 Å². The maximum Gasteiger partial charge on any atom is 0.283 e. The van der Waals surface area contributed by atoms with Gasteiger partial charge in [-0.05, 0) is 46.8 Å². The molecule has 1 N–H and O–H groups in total. The molecule has 20 heavy (non-hydrogen) atoms. The highest BCUT2D eigenvalue weighted by atomic mass is 79.9. The highest BCUT2D eigenvalue weighted by Crippen LogP contribution is 2.31. The first-order chi connectivity index (χ1) is 9.65. The molecule has 3 rings (SSSR count). The number of piperidine rings is 1. The van der Waals surface area contributed by atoms with Crippen LogP contribution < -0.4 is 5.32 Å². The average molecular weight is 340 g/mol. The summed E-state index contributed by atoms with van der Waals surface area (Å²) in [6.07, 6.45) is 2.56. The zero-order valence-corrected chi connectivity index (χ0v) is 12.8. The summed E-state index contributed by atoms with van der Waals surface area (Å²) in [5.74, 6) is 0.737. The Bertz CT molecular complexity index is 509. The van der Waals surface area contributed by atoms with E-state index in [1.165, 1.54) is 12.8 Å². The van der Waals surface area contributed by atoms with Crippen molar-refractivity contribution in [1.82, 2.24) is 10.2 Å². The Kier molecular flexibility index (Phi) is 4.05. The van der Waals surface area contributed by atoms with Crippen molar-refractivity contribution in [3.05, 3.63) is 38.3 Å². The van der Waals surface area contributed by atoms with Crippen LogP contribution in [0.15, 0.2) is 22.7 Å². The van der Waals surface area contributed by atoms with Crippen molar-refractivity contribution in [2.24, 2.45) is 5.92 Å². The number of rotatable bonds is 3. The summed E-state index contributed by atoms with van der Waals surface area (Å²) in [5.41, 5.74) is 1.15. The molecule has 2 saturated heterocycles. The van der Waals surface area contributed by atoms with Gasteiger partial charge in [0.25, 0.3) is 5.69 Å². The summed E-state index contributed by atoms with van der Waals surface area (Å²) in [7, 11) is 0. The molecule has 0 aromatic heterocycles. The average Bonchev–Trinajstić information content (AvgIpc) is 2.83. The smallest absolute Gasteiger partial charge is 0.283 e. The predicted octanol–water partition coefficient (Wildman–Crippen LogP) is 2.54. The number of nitro groups is 1. The van der Waals surface area contributed by atoms with Crippen LogP contribution in [0.25, 0.3) is 0 Å². The first-order valence-corrected chi connectivity index (χ1v) is 7.82. The molecule has 2 aliphatic rings. The molecule has 5 nitrogen and oxygen atoms in total. The predicted molar refractivity (Wildman–Crippen MR) is 80.6 cm³/mol. The van der Waals surface area contributed by atoms with E-state index in [1.807, 2.05) is 6.07 Å². The lowest BCUT2D eigenvalue weighted by molar-refractivity contribution is -0.385. The summed E-state index contributed by atoms with van der Waals surface area (Å²) in [6, 6.07) is 5.87. The van der Waals surface area contributed by atoms with Gasteiger partial charge in [-0.1, -0.05) is 12.1 Å². The monoisotopic (exact) mass is 339 g/mol. The maximum absolute atomic E-state index is 11.0. The molecule has 108 valence electrons. The molecule has 0 amide bonds. The van der Waals surface area contributed by atoms with Crippen LogP contribution in [0, 0.1) is 16.0 Å². The van der Waals surface area contributed by atoms with Crippen LogP contribution in [-0.2, 0) is 6.54 Å². The molecule has 2 heterocycles. The van der Waals surface area contributed by atoms with Crippen LogP contribution in [0.4, 0.5) is 5.69 Å². The van der Waals surface area contributed by atoms with Gasteiger partial charge in [0.2, 0.25) is 0 Å². The van der Waals surface area contributed by atoms with E-state index in [1.54, 1.807) is 12.1 Å². The van der Waals surface area contributed by atoms with E-state index in [9.17, 15) is 10.1 Å². The molecule has 2 aliphatic heterocycles. The Labute approximate surface area is 126 Å². The lowest BCUT2D eigenvalue weighted by Gasteiger charge is -2.24. The molecule has 0 aliphatic carbocycles. The van der Waals surface area contributed by atoms with Crippen LogP contribution in [0.5, 0.6) is 0 Å². The van der Waals surface area contributed by atoms with E-state index >= 15 is 0 Å². The second-order valence-corrected chi connectivity index (χ2v) is 6.46. The summed E-state index contributed by atoms with van der Waals surface area (Å²) in [6.45, 7) is 4.03. The first-order valence-electron chi connectivity index (χ1n) is 7.02. The summed E-state index contributed by atoms with van der Waals surface area (Å²) in [5, 5.41) is 14.5. The topological polar surface area (TPSA) is 58.4 Å². The van der Waals surface area contributed by atoms with E-state index in [0.717, 1.165) is 37.7 Å². The zero-order valence-electron chi connectivity index (χ0n) is 11.2. The van der Waals surface area contributed by atoms with Crippen molar-refractivity contribution in [2.75, 3.05) is 19.6 Å². The van der Waals surface area contributed by atoms with Crippen molar-refractivity contribution in [3.63, 3.8) is 0 Å². The Balaban J connectivity index is 1.72. The maximum atomic E-state index is 11.0. The van der Waals surface area contributed by atoms with E-state index in [0.29, 0.717) is 10.5 Å². The Morgan fingerprint density at radius 2 is 2.30 bits per heavy atom. The molecule has 0 radical (unpaired) electrons. The summed E-state index contributed by atoms with van der Waals surface area (Å²) in [4.78, 5) is 13.0. The van der Waals surface area contributed by atoms with Crippen LogP contribution in [-0.4, -0.2) is 35.5 Å². The second kappa shape index (κ2) is 5.79. The number of benzene rings is 1. The number of nitrogens with zero attached hydrogens (tertiary/aromatic N) is 2. The third kappa shape index (κ3) is 2.73. The molecule has 0 saturated carbocycles. The molecule has 6 heteroatoms. The number of nitrogens with one attached hydrogen (secondary N) is 1. The molecule has 1 aromatic carbocycles. The zero-order chi connectivity index (χ0) is 14.1. The number of likely N-dealkylation sites (tertiary alicyclic amines) is 1. The fourth-order valence-electron chi connectivity index (χ4n) is 3.34. The minimum Gasteiger partial charge on any atom is -0.312 e. The van der Waals surface area contributed by atoms with Crippen molar-refractivity contribution in [2.45, 2.75) is 25.4 Å². The van der Waals surface area contributed by atoms with E-state index in [2.05, 4.69) is 26.1 Å². The van der Waals surface area contributed by atoms with Crippen LogP contribution in [0.1, 0.15) is 18.4 Å². The Morgan fingerprint density at radius 3 is 3.05 bits per heavy atom. The molecular formula is C14H18BrN3O2. The van der Waals surface area contributed by atoms with E-state index in [-0.39, 0.29) is 10.6 Å². The minimum atomic E-state index is -0.334. The quantitative estimate of drug-likeness (QED) is 0.679. The van der Waals surface area contributed by atoms with Gasteiger partial charge in [-0.15, -0.1) is 0 Å². The summed E-state index contributed by atoms with van der Waals surface area (Å²) >= 11 is 3.38. The largest absolute Gasteiger partial charge is 0.312 e. The van der Waals surface area contributed by atoms with Crippen molar-refractivity contribution in [3.8, 4) is 0 Å². The molecule has 0 unspecified atom stereocenters. The lowest BCUT2D eigenvalue weighted by Crippen LogP contribution is -2.40. The van der Waals surface area contributed by atoms with E-state index < -0.39 is 0 Å². The lowest BCUT2D eigenvalue weighted by atomic mass is 9.94. The first kappa shape index (κ1) is 14.0. The highest BCUT2D eigenvalue weighted by molar-refractivity contribution is 9.10. The molecule has 2 atom stereocenters. The highest BCUT2D eigenvalue weighted by Gasteiger charge is 2.34. The third-order valence-electron chi connectivity index (χ3n) is 4.32. The van der Waals surface area contributed by atoms with Gasteiger partial charge < -0.3 is 5.32 Å². The number of fused-ring (bicyclic) bond motifs is 1. The van der Waals surface area contributed by atoms with Gasteiger partial charge in [-0.25, -0.2) is 0 Å². The van der Waals surface area contributed by atoms with Gasteiger partial charge in [-0.3, -0.25) is 15.0 Å². The number of hydrogen-bond acceptors (Lipinski definition) is 4. The number of nitro benzene ring substituents is 1. The Hall–Kier alpha value is -0.980. The van der Waals surface area contributed by atoms with Crippen LogP contribution in [0.3, 0.4) is 0 Å². The number of hydrogen-bond donors (Lipinski definition) is 1. The molecule has 2 fully saturated rings. The SMILES string of the molecule is O=[N+]([O-])c1cccc(CN2C[C@@H]3CCCN[C@@H]3C2)c1Br. The van der Waals surface area contributed by atoms with Crippen LogP contribution >= 0.6 is 15.9 Å². The van der Waals surface area contributed by atoms with Gasteiger partial charge in [0.15, 0.2) is 0 Å². The van der Waals surface area contributed by atoms with E-state index in [4.69, 9.17) is 0 Å². The minimum absolute atomic E-state index is 0.150. The van der Waals surface area contributed by atoms with Crippen LogP contribution in [0.2, 0.25) is 0 Å². The van der Waals surface area contributed by atoms with Crippen molar-refractivity contribution >= 4 is 21.6 Å². The summed E-state index contributed by atoms with van der Waals surface area (Å²) < 4.78 is 0.618. The van der Waals surface area contributed by atoms with Crippen molar-refractivity contribution in [1.29, 1.82) is 0 Å². The molecule has 1 aromatic rings. The number of halogens is 1. The van der Waals surface area contributed by atoms with Gasteiger partial charge in [-0.2, -0.15) is 0 Å². The van der Waals surface area contributed by atoms with Gasteiger partial charge in [0.05, 0.1) is 9.40 Å². The Morgan fingerprint density at radius 1 is 1.45 bits per heavy atom. The molecule has 0 bridgehead atoms.